The van der Waals surface area contributed by atoms with Crippen molar-refractivity contribution in [3.05, 3.63) is 106 Å². The van der Waals surface area contributed by atoms with Gasteiger partial charge in [-0.25, -0.2) is 4.79 Å². The molecule has 0 saturated carbocycles. The van der Waals surface area contributed by atoms with Crippen molar-refractivity contribution in [2.75, 3.05) is 33.7 Å². The van der Waals surface area contributed by atoms with E-state index >= 15 is 0 Å². The Morgan fingerprint density at radius 1 is 0.791 bits per heavy atom. The number of carbonyl (C=O) groups excluding carboxylic acids is 3. The zero-order chi connectivity index (χ0) is 29.9. The number of barbiturate groups is 1. The molecule has 9 nitrogen and oxygen atoms in total. The lowest BCUT2D eigenvalue weighted by Gasteiger charge is -2.48. The van der Waals surface area contributed by atoms with Gasteiger partial charge in [-0.15, -0.1) is 0 Å². The first kappa shape index (κ1) is 27.3. The quantitative estimate of drug-likeness (QED) is 0.327. The van der Waals surface area contributed by atoms with E-state index < -0.39 is 23.3 Å². The molecule has 220 valence electrons. The summed E-state index contributed by atoms with van der Waals surface area (Å²) in [5.41, 5.74) is 2.64. The van der Waals surface area contributed by atoms with Crippen LogP contribution in [-0.4, -0.2) is 75.4 Å². The Bertz CT molecular complexity index is 1780. The zero-order valence-electron chi connectivity index (χ0n) is 24.5. The number of para-hydroxylation sites is 1. The molecule has 0 unspecified atom stereocenters. The summed E-state index contributed by atoms with van der Waals surface area (Å²) in [6, 6.07) is 23.1. The molecule has 0 N–H and O–H groups in total. The van der Waals surface area contributed by atoms with Crippen molar-refractivity contribution in [3.63, 3.8) is 0 Å². The van der Waals surface area contributed by atoms with E-state index in [2.05, 4.69) is 33.9 Å². The van der Waals surface area contributed by atoms with Gasteiger partial charge in [-0.2, -0.15) is 0 Å². The maximum Gasteiger partial charge on any atom is 0.332 e. The molecule has 0 aliphatic carbocycles. The van der Waals surface area contributed by atoms with Gasteiger partial charge in [0.1, 0.15) is 5.41 Å². The fraction of sp³-hybridized carbons (Fsp3) is 0.353. The smallest absolute Gasteiger partial charge is 0.332 e. The molecule has 0 spiro atoms. The highest BCUT2D eigenvalue weighted by Crippen LogP contribution is 2.40. The van der Waals surface area contributed by atoms with Gasteiger partial charge in [0, 0.05) is 81.6 Å². The van der Waals surface area contributed by atoms with Gasteiger partial charge in [0.15, 0.2) is 0 Å². The number of carbonyl (C=O) groups is 3. The highest BCUT2D eigenvalue weighted by Gasteiger charge is 2.57. The number of urea groups is 1. The van der Waals surface area contributed by atoms with E-state index in [9.17, 15) is 19.2 Å². The van der Waals surface area contributed by atoms with Crippen molar-refractivity contribution in [2.45, 2.75) is 31.8 Å². The van der Waals surface area contributed by atoms with Crippen LogP contribution in [0.15, 0.2) is 83.8 Å². The SMILES string of the molecule is CN1C(=O)N(C)C(=O)C(Cc2cn(Cc3ccccc3)c3ccccc23)(CN2C[C@@H]3C[C@@H](C2)c2cccc(=O)n2C3)C1=O. The first-order chi connectivity index (χ1) is 20.7. The number of likely N-dealkylation sites (tertiary alicyclic amines) is 1. The summed E-state index contributed by atoms with van der Waals surface area (Å²) in [4.78, 5) is 58.3. The zero-order valence-corrected chi connectivity index (χ0v) is 24.5. The van der Waals surface area contributed by atoms with Gasteiger partial charge >= 0.3 is 6.03 Å². The average molecular weight is 578 g/mol. The molecule has 2 atom stereocenters. The molecule has 2 bridgehead atoms. The monoisotopic (exact) mass is 577 g/mol. The van der Waals surface area contributed by atoms with Crippen molar-refractivity contribution in [1.29, 1.82) is 0 Å². The molecule has 9 heteroatoms. The van der Waals surface area contributed by atoms with Crippen LogP contribution in [0.4, 0.5) is 4.79 Å². The molecule has 7 rings (SSSR count). The van der Waals surface area contributed by atoms with E-state index in [1.54, 1.807) is 6.07 Å². The van der Waals surface area contributed by atoms with Crippen LogP contribution in [0.25, 0.3) is 10.9 Å². The lowest BCUT2D eigenvalue weighted by molar-refractivity contribution is -0.159. The summed E-state index contributed by atoms with van der Waals surface area (Å²) in [5, 5.41) is 0.990. The minimum Gasteiger partial charge on any atom is -0.343 e. The van der Waals surface area contributed by atoms with Gasteiger partial charge in [-0.05, 0) is 42.0 Å². The Morgan fingerprint density at radius 2 is 1.51 bits per heavy atom. The van der Waals surface area contributed by atoms with Gasteiger partial charge in [-0.1, -0.05) is 54.6 Å². The molecular formula is C34H35N5O4. The third-order valence-electron chi connectivity index (χ3n) is 9.61. The fourth-order valence-corrected chi connectivity index (χ4v) is 7.68. The van der Waals surface area contributed by atoms with Crippen LogP contribution >= 0.6 is 0 Å². The van der Waals surface area contributed by atoms with Crippen molar-refractivity contribution in [3.8, 4) is 0 Å². The van der Waals surface area contributed by atoms with Crippen molar-refractivity contribution in [2.24, 2.45) is 11.3 Å². The summed E-state index contributed by atoms with van der Waals surface area (Å²) >= 11 is 0. The maximum absolute atomic E-state index is 14.2. The number of hydrogen-bond donors (Lipinski definition) is 0. The minimum absolute atomic E-state index is 0.0170. The molecule has 2 aromatic heterocycles. The average Bonchev–Trinajstić information content (AvgIpc) is 3.35. The Labute approximate surface area is 249 Å². The molecule has 2 fully saturated rings. The first-order valence-electron chi connectivity index (χ1n) is 14.9. The molecule has 3 aliphatic rings. The molecule has 0 radical (unpaired) electrons. The van der Waals surface area contributed by atoms with Crippen LogP contribution in [0.3, 0.4) is 0 Å². The lowest BCUT2D eigenvalue weighted by atomic mass is 9.75. The predicted molar refractivity (Wildman–Crippen MR) is 163 cm³/mol. The molecule has 4 amide bonds. The summed E-state index contributed by atoms with van der Waals surface area (Å²) in [7, 11) is 2.93. The van der Waals surface area contributed by atoms with Crippen LogP contribution < -0.4 is 5.56 Å². The van der Waals surface area contributed by atoms with Crippen LogP contribution in [-0.2, 0) is 29.1 Å². The number of imide groups is 2. The Balaban J connectivity index is 1.28. The highest BCUT2D eigenvalue weighted by atomic mass is 16.2. The first-order valence-corrected chi connectivity index (χ1v) is 14.9. The summed E-state index contributed by atoms with van der Waals surface area (Å²) in [6.45, 7) is 2.80. The predicted octanol–water partition coefficient (Wildman–Crippen LogP) is 3.55. The number of fused-ring (bicyclic) bond motifs is 5. The Hall–Kier alpha value is -4.50. The maximum atomic E-state index is 14.2. The molecule has 2 aromatic carbocycles. The Morgan fingerprint density at radius 3 is 2.28 bits per heavy atom. The molecule has 3 aliphatic heterocycles. The highest BCUT2D eigenvalue weighted by molar-refractivity contribution is 6.19. The van der Waals surface area contributed by atoms with Gasteiger partial charge in [0.2, 0.25) is 11.8 Å². The minimum atomic E-state index is -1.47. The van der Waals surface area contributed by atoms with Crippen molar-refractivity contribution < 1.29 is 14.4 Å². The molecule has 5 heterocycles. The van der Waals surface area contributed by atoms with E-state index in [4.69, 9.17) is 0 Å². The second-order valence-corrected chi connectivity index (χ2v) is 12.4. The summed E-state index contributed by atoms with van der Waals surface area (Å²) in [6.07, 6.45) is 3.21. The van der Waals surface area contributed by atoms with Crippen molar-refractivity contribution in [1.82, 2.24) is 23.8 Å². The standard InChI is InChI=1S/C34H35N5O4/c1-35-31(41)34(32(42)36(2)33(35)43,22-37-17-24-15-25(20-37)28-13-8-14-30(40)39(28)19-24)16-26-21-38(18-23-9-4-3-5-10-23)29-12-7-6-11-27(26)29/h3-14,21,24-25H,15-20,22H2,1-2H3/t24-,25-/m0/s1. The van der Waals surface area contributed by atoms with E-state index in [-0.39, 0.29) is 30.4 Å². The largest absolute Gasteiger partial charge is 0.343 e. The number of piperidine rings is 1. The van der Waals surface area contributed by atoms with Crippen LogP contribution in [0.2, 0.25) is 0 Å². The normalized spacial score (nSPS) is 21.9. The molecular weight excluding hydrogens is 542 g/mol. The van der Waals surface area contributed by atoms with E-state index in [1.807, 2.05) is 53.1 Å². The topological polar surface area (TPSA) is 87.9 Å². The second-order valence-electron chi connectivity index (χ2n) is 12.4. The van der Waals surface area contributed by atoms with E-state index in [1.165, 1.54) is 14.1 Å². The number of benzene rings is 2. The number of hydrogen-bond acceptors (Lipinski definition) is 5. The number of aromatic nitrogens is 2. The molecule has 4 aromatic rings. The Kier molecular flexibility index (Phi) is 6.58. The second kappa shape index (κ2) is 10.3. The van der Waals surface area contributed by atoms with Gasteiger partial charge in [0.05, 0.1) is 0 Å². The lowest BCUT2D eigenvalue weighted by Crippen LogP contribution is -2.67. The molecule has 2 saturated heterocycles. The third kappa shape index (κ3) is 4.50. The number of pyridine rings is 1. The van der Waals surface area contributed by atoms with Crippen LogP contribution in [0.1, 0.15) is 29.2 Å². The summed E-state index contributed by atoms with van der Waals surface area (Å²) < 4.78 is 4.05. The molecule has 43 heavy (non-hydrogen) atoms. The number of rotatable bonds is 6. The van der Waals surface area contributed by atoms with Crippen LogP contribution in [0, 0.1) is 11.3 Å². The van der Waals surface area contributed by atoms with E-state index in [0.717, 1.165) is 43.9 Å². The van der Waals surface area contributed by atoms with Crippen LogP contribution in [0.5, 0.6) is 0 Å². The number of nitrogens with zero attached hydrogens (tertiary/aromatic N) is 5. The van der Waals surface area contributed by atoms with Gasteiger partial charge < -0.3 is 14.0 Å². The fourth-order valence-electron chi connectivity index (χ4n) is 7.68. The van der Waals surface area contributed by atoms with Gasteiger partial charge in [-0.3, -0.25) is 24.2 Å². The van der Waals surface area contributed by atoms with Crippen molar-refractivity contribution >= 4 is 28.7 Å². The third-order valence-corrected chi connectivity index (χ3v) is 9.61. The van der Waals surface area contributed by atoms with Gasteiger partial charge in [0.25, 0.3) is 5.56 Å². The van der Waals surface area contributed by atoms with E-state index in [0.29, 0.717) is 26.2 Å². The number of amides is 4. The summed E-state index contributed by atoms with van der Waals surface area (Å²) in [5.74, 6) is -0.556.